The quantitative estimate of drug-likeness (QED) is 0.430. The summed E-state index contributed by atoms with van der Waals surface area (Å²) in [6.07, 6.45) is 3.63. The van der Waals surface area contributed by atoms with Gasteiger partial charge in [-0.3, -0.25) is 4.79 Å². The van der Waals surface area contributed by atoms with Gasteiger partial charge in [0.05, 0.1) is 22.3 Å². The molecule has 2 aliphatic rings. The van der Waals surface area contributed by atoms with Gasteiger partial charge in [-0.1, -0.05) is 6.07 Å². The number of hydrogen-bond donors (Lipinski definition) is 0. The molecule has 4 nitrogen and oxygen atoms in total. The Bertz CT molecular complexity index is 1030. The molecule has 26 heavy (non-hydrogen) atoms. The van der Waals surface area contributed by atoms with Gasteiger partial charge < -0.3 is 9.80 Å². The summed E-state index contributed by atoms with van der Waals surface area (Å²) in [6, 6.07) is 12.2. The van der Waals surface area contributed by atoms with Crippen molar-refractivity contribution in [1.29, 1.82) is 0 Å². The van der Waals surface area contributed by atoms with E-state index in [-0.39, 0.29) is 5.91 Å². The monoisotopic (exact) mass is 457 g/mol. The first kappa shape index (κ1) is 16.4. The molecule has 132 valence electrons. The number of anilines is 1. The molecule has 5 rings (SSSR count). The van der Waals surface area contributed by atoms with Gasteiger partial charge in [-0.15, -0.1) is 0 Å². The van der Waals surface area contributed by atoms with Crippen LogP contribution in [0.4, 0.5) is 5.69 Å². The van der Waals surface area contributed by atoms with E-state index in [1.807, 2.05) is 29.2 Å². The lowest BCUT2D eigenvalue weighted by Gasteiger charge is -2.20. The van der Waals surface area contributed by atoms with Crippen molar-refractivity contribution >= 4 is 56.0 Å². The fraction of sp³-hybridized carbons (Fsp3) is 0.333. The van der Waals surface area contributed by atoms with Crippen LogP contribution in [0.5, 0.6) is 0 Å². The van der Waals surface area contributed by atoms with Crippen LogP contribution in [0.3, 0.4) is 0 Å². The van der Waals surface area contributed by atoms with E-state index in [0.29, 0.717) is 0 Å². The van der Waals surface area contributed by atoms with E-state index in [2.05, 4.69) is 39.6 Å². The maximum absolute atomic E-state index is 13.3. The van der Waals surface area contributed by atoms with Crippen LogP contribution in [-0.4, -0.2) is 42.0 Å². The molecule has 1 fully saturated rings. The van der Waals surface area contributed by atoms with Crippen molar-refractivity contribution in [3.8, 4) is 0 Å². The van der Waals surface area contributed by atoms with Crippen LogP contribution in [0.25, 0.3) is 21.8 Å². The summed E-state index contributed by atoms with van der Waals surface area (Å²) in [5, 5.41) is 2.00. The highest BCUT2D eigenvalue weighted by Gasteiger charge is 2.32. The van der Waals surface area contributed by atoms with Crippen molar-refractivity contribution in [3.05, 3.63) is 45.5 Å². The van der Waals surface area contributed by atoms with Crippen LogP contribution in [0, 0.1) is 3.57 Å². The van der Waals surface area contributed by atoms with Crippen LogP contribution in [-0.2, 0) is 0 Å². The van der Waals surface area contributed by atoms with Gasteiger partial charge in [-0.25, -0.2) is 4.98 Å². The summed E-state index contributed by atoms with van der Waals surface area (Å²) in [7, 11) is 0. The van der Waals surface area contributed by atoms with Gasteiger partial charge in [0.1, 0.15) is 0 Å². The molecule has 0 bridgehead atoms. The standard InChI is InChI=1S/C21H20IN3O/c22-14-7-8-16-15(13-14)19-20-17(23-16)5-3-6-18(20)25(21(19)26)12-4-11-24-9-1-2-10-24/h3,5-8,13H,1-2,4,9-12H2. The number of halogens is 1. The Morgan fingerprint density at radius 1 is 1.04 bits per heavy atom. The average molecular weight is 457 g/mol. The topological polar surface area (TPSA) is 36.4 Å². The van der Waals surface area contributed by atoms with Gasteiger partial charge in [0.25, 0.3) is 5.91 Å². The first-order chi connectivity index (χ1) is 12.7. The zero-order valence-corrected chi connectivity index (χ0v) is 16.7. The van der Waals surface area contributed by atoms with Crippen molar-refractivity contribution in [1.82, 2.24) is 9.88 Å². The number of likely N-dealkylation sites (tertiary alicyclic amines) is 1. The Morgan fingerprint density at radius 3 is 2.73 bits per heavy atom. The molecule has 1 amide bonds. The summed E-state index contributed by atoms with van der Waals surface area (Å²) in [5.41, 5.74) is 3.68. The van der Waals surface area contributed by atoms with E-state index in [4.69, 9.17) is 4.98 Å². The van der Waals surface area contributed by atoms with Crippen molar-refractivity contribution in [2.75, 3.05) is 31.1 Å². The van der Waals surface area contributed by atoms with Gasteiger partial charge in [0.2, 0.25) is 0 Å². The average Bonchev–Trinajstić information content (AvgIpc) is 3.25. The molecule has 1 aromatic heterocycles. The first-order valence-corrected chi connectivity index (χ1v) is 10.4. The van der Waals surface area contributed by atoms with E-state index in [1.54, 1.807) is 0 Å². The van der Waals surface area contributed by atoms with Crippen LogP contribution in [0.2, 0.25) is 0 Å². The van der Waals surface area contributed by atoms with Crippen molar-refractivity contribution in [2.45, 2.75) is 19.3 Å². The maximum Gasteiger partial charge on any atom is 0.259 e. The first-order valence-electron chi connectivity index (χ1n) is 9.28. The molecule has 5 heteroatoms. The smallest absolute Gasteiger partial charge is 0.259 e. The number of carbonyl (C=O) groups is 1. The molecule has 0 N–H and O–H groups in total. The van der Waals surface area contributed by atoms with E-state index >= 15 is 0 Å². The molecular weight excluding hydrogens is 437 g/mol. The molecule has 1 saturated heterocycles. The highest BCUT2D eigenvalue weighted by molar-refractivity contribution is 14.1. The third-order valence-electron chi connectivity index (χ3n) is 5.54. The molecule has 0 radical (unpaired) electrons. The number of aromatic nitrogens is 1. The Balaban J connectivity index is 1.54. The highest BCUT2D eigenvalue weighted by Crippen LogP contribution is 2.40. The predicted octanol–water partition coefficient (Wildman–Crippen LogP) is 4.44. The van der Waals surface area contributed by atoms with Crippen LogP contribution in [0.1, 0.15) is 29.6 Å². The molecule has 2 aromatic carbocycles. The van der Waals surface area contributed by atoms with E-state index < -0.39 is 0 Å². The molecule has 0 aliphatic carbocycles. The third kappa shape index (κ3) is 2.60. The van der Waals surface area contributed by atoms with Gasteiger partial charge in [-0.05, 0) is 91.8 Å². The molecule has 3 heterocycles. The zero-order chi connectivity index (χ0) is 17.7. The molecule has 0 unspecified atom stereocenters. The number of carbonyl (C=O) groups excluding carboxylic acids is 1. The SMILES string of the molecule is O=C1c2c3cc(I)ccc3nc3cccc(c23)N1CCCN1CCCC1. The lowest BCUT2D eigenvalue weighted by Crippen LogP contribution is -2.31. The number of amides is 1. The lowest BCUT2D eigenvalue weighted by atomic mass is 10.0. The largest absolute Gasteiger partial charge is 0.308 e. The van der Waals surface area contributed by atoms with Crippen molar-refractivity contribution in [3.63, 3.8) is 0 Å². The summed E-state index contributed by atoms with van der Waals surface area (Å²) >= 11 is 2.30. The Labute approximate surface area is 166 Å². The van der Waals surface area contributed by atoms with E-state index in [9.17, 15) is 4.79 Å². The number of benzene rings is 2. The number of pyridine rings is 1. The molecule has 2 aliphatic heterocycles. The lowest BCUT2D eigenvalue weighted by molar-refractivity contribution is 0.0993. The fourth-order valence-electron chi connectivity index (χ4n) is 4.32. The summed E-state index contributed by atoms with van der Waals surface area (Å²) in [5.74, 6) is 0.132. The maximum atomic E-state index is 13.3. The second kappa shape index (κ2) is 6.46. The number of fused-ring (bicyclic) bond motifs is 2. The second-order valence-corrected chi connectivity index (χ2v) is 8.42. The minimum Gasteiger partial charge on any atom is -0.308 e. The summed E-state index contributed by atoms with van der Waals surface area (Å²) < 4.78 is 1.13. The normalized spacial score (nSPS) is 17.1. The van der Waals surface area contributed by atoms with Crippen LogP contribution < -0.4 is 4.90 Å². The Morgan fingerprint density at radius 2 is 1.88 bits per heavy atom. The molecule has 3 aromatic rings. The highest BCUT2D eigenvalue weighted by atomic mass is 127. The van der Waals surface area contributed by atoms with Crippen molar-refractivity contribution in [2.24, 2.45) is 0 Å². The number of hydrogen-bond acceptors (Lipinski definition) is 3. The number of nitrogens with zero attached hydrogens (tertiary/aromatic N) is 3. The van der Waals surface area contributed by atoms with Gasteiger partial charge in [0.15, 0.2) is 0 Å². The Kier molecular flexibility index (Phi) is 4.09. The van der Waals surface area contributed by atoms with Gasteiger partial charge >= 0.3 is 0 Å². The summed E-state index contributed by atoms with van der Waals surface area (Å²) in [6.45, 7) is 4.26. The van der Waals surface area contributed by atoms with Gasteiger partial charge in [0, 0.05) is 20.9 Å². The van der Waals surface area contributed by atoms with Gasteiger partial charge in [-0.2, -0.15) is 0 Å². The van der Waals surface area contributed by atoms with E-state index in [0.717, 1.165) is 56.1 Å². The Hall–Kier alpha value is -1.73. The number of rotatable bonds is 4. The fourth-order valence-corrected chi connectivity index (χ4v) is 4.81. The van der Waals surface area contributed by atoms with Crippen molar-refractivity contribution < 1.29 is 4.79 Å². The predicted molar refractivity (Wildman–Crippen MR) is 114 cm³/mol. The van der Waals surface area contributed by atoms with Crippen LogP contribution >= 0.6 is 22.6 Å². The third-order valence-corrected chi connectivity index (χ3v) is 6.21. The molecular formula is C21H20IN3O. The zero-order valence-electron chi connectivity index (χ0n) is 14.5. The molecule has 0 saturated carbocycles. The van der Waals surface area contributed by atoms with Crippen LogP contribution in [0.15, 0.2) is 36.4 Å². The van der Waals surface area contributed by atoms with E-state index in [1.165, 1.54) is 25.9 Å². The molecule has 0 spiro atoms. The summed E-state index contributed by atoms with van der Waals surface area (Å²) in [4.78, 5) is 22.6. The minimum absolute atomic E-state index is 0.132. The molecule has 0 atom stereocenters. The second-order valence-electron chi connectivity index (χ2n) is 7.18. The minimum atomic E-state index is 0.132.